The largest absolute Gasteiger partial charge is 0.431 e. The second kappa shape index (κ2) is 5.98. The van der Waals surface area contributed by atoms with E-state index in [-0.39, 0.29) is 22.9 Å². The highest BCUT2D eigenvalue weighted by Crippen LogP contribution is 2.33. The molecule has 1 aromatic heterocycles. The van der Waals surface area contributed by atoms with Gasteiger partial charge < -0.3 is 9.84 Å². The molecule has 7 heteroatoms. The van der Waals surface area contributed by atoms with Crippen LogP contribution in [0.3, 0.4) is 0 Å². The minimum absolute atomic E-state index is 0.0420. The molecule has 0 fully saturated rings. The molecule has 0 radical (unpaired) electrons. The van der Waals surface area contributed by atoms with Crippen LogP contribution in [-0.4, -0.2) is 15.0 Å². The number of rotatable bonds is 4. The van der Waals surface area contributed by atoms with E-state index in [1.54, 1.807) is 12.1 Å². The zero-order valence-corrected chi connectivity index (χ0v) is 11.1. The standard InChI is InChI=1S/C14H11N3O4/c1-9(18)11-3-2-6-16-14(11)21-13-5-4-10(8-15)7-12(13)17(19)20/h2-7,9,18H,1H3/t9-/m1/s1. The van der Waals surface area contributed by atoms with Gasteiger partial charge in [-0.2, -0.15) is 5.26 Å². The minimum Gasteiger partial charge on any atom is -0.431 e. The molecule has 1 atom stereocenters. The van der Waals surface area contributed by atoms with Crippen LogP contribution in [0, 0.1) is 21.4 Å². The quantitative estimate of drug-likeness (QED) is 0.683. The van der Waals surface area contributed by atoms with E-state index in [4.69, 9.17) is 10.00 Å². The molecule has 0 aliphatic carbocycles. The molecule has 7 nitrogen and oxygen atoms in total. The second-order valence-electron chi connectivity index (χ2n) is 4.23. The van der Waals surface area contributed by atoms with Crippen molar-refractivity contribution in [1.82, 2.24) is 4.98 Å². The first-order valence-corrected chi connectivity index (χ1v) is 6.02. The zero-order chi connectivity index (χ0) is 15.4. The van der Waals surface area contributed by atoms with Gasteiger partial charge in [-0.1, -0.05) is 0 Å². The summed E-state index contributed by atoms with van der Waals surface area (Å²) in [5.41, 5.74) is 0.234. The van der Waals surface area contributed by atoms with E-state index in [0.717, 1.165) is 6.07 Å². The Labute approximate surface area is 120 Å². The van der Waals surface area contributed by atoms with Gasteiger partial charge in [0.25, 0.3) is 0 Å². The first kappa shape index (κ1) is 14.4. The Morgan fingerprint density at radius 3 is 2.86 bits per heavy atom. The monoisotopic (exact) mass is 285 g/mol. The lowest BCUT2D eigenvalue weighted by Crippen LogP contribution is -2.00. The normalized spacial score (nSPS) is 11.5. The Balaban J connectivity index is 2.45. The van der Waals surface area contributed by atoms with Gasteiger partial charge in [0.1, 0.15) is 0 Å². The highest BCUT2D eigenvalue weighted by molar-refractivity contribution is 5.53. The number of pyridine rings is 1. The summed E-state index contributed by atoms with van der Waals surface area (Å²) in [6.07, 6.45) is 0.627. The highest BCUT2D eigenvalue weighted by atomic mass is 16.6. The third-order valence-electron chi connectivity index (χ3n) is 2.74. The molecule has 0 amide bonds. The summed E-state index contributed by atoms with van der Waals surface area (Å²) < 4.78 is 5.44. The fraction of sp³-hybridized carbons (Fsp3) is 0.143. The molecule has 0 saturated heterocycles. The van der Waals surface area contributed by atoms with Crippen molar-refractivity contribution in [3.8, 4) is 17.7 Å². The molecule has 2 aromatic rings. The smallest absolute Gasteiger partial charge is 0.312 e. The van der Waals surface area contributed by atoms with Crippen molar-refractivity contribution in [3.05, 3.63) is 57.8 Å². The molecular weight excluding hydrogens is 274 g/mol. The SMILES string of the molecule is C[C@@H](O)c1cccnc1Oc1ccc(C#N)cc1[N+](=O)[O-]. The van der Waals surface area contributed by atoms with Crippen LogP contribution in [0.2, 0.25) is 0 Å². The number of aliphatic hydroxyl groups excluding tert-OH is 1. The molecule has 21 heavy (non-hydrogen) atoms. The number of hydrogen-bond acceptors (Lipinski definition) is 6. The number of hydrogen-bond donors (Lipinski definition) is 1. The van der Waals surface area contributed by atoms with Gasteiger partial charge in [-0.3, -0.25) is 10.1 Å². The van der Waals surface area contributed by atoms with Gasteiger partial charge in [-0.25, -0.2) is 4.98 Å². The molecule has 2 rings (SSSR count). The molecule has 1 heterocycles. The van der Waals surface area contributed by atoms with Gasteiger partial charge in [0.2, 0.25) is 11.6 Å². The van der Waals surface area contributed by atoms with Crippen molar-refractivity contribution >= 4 is 5.69 Å². The van der Waals surface area contributed by atoms with Crippen molar-refractivity contribution in [2.45, 2.75) is 13.0 Å². The van der Waals surface area contributed by atoms with Crippen LogP contribution in [0.15, 0.2) is 36.5 Å². The van der Waals surface area contributed by atoms with E-state index < -0.39 is 11.0 Å². The number of aliphatic hydroxyl groups is 1. The Morgan fingerprint density at radius 2 is 2.24 bits per heavy atom. The van der Waals surface area contributed by atoms with E-state index >= 15 is 0 Å². The average Bonchev–Trinajstić information content (AvgIpc) is 2.47. The van der Waals surface area contributed by atoms with Gasteiger partial charge in [-0.15, -0.1) is 0 Å². The second-order valence-corrected chi connectivity index (χ2v) is 4.23. The van der Waals surface area contributed by atoms with Crippen LogP contribution >= 0.6 is 0 Å². The van der Waals surface area contributed by atoms with Gasteiger partial charge in [0.15, 0.2) is 0 Å². The summed E-state index contributed by atoms with van der Waals surface area (Å²) >= 11 is 0. The van der Waals surface area contributed by atoms with Gasteiger partial charge in [0.05, 0.1) is 22.7 Å². The number of nitriles is 1. The summed E-state index contributed by atoms with van der Waals surface area (Å²) in [6.45, 7) is 1.54. The molecule has 0 bridgehead atoms. The van der Waals surface area contributed by atoms with Crippen molar-refractivity contribution in [2.24, 2.45) is 0 Å². The summed E-state index contributed by atoms with van der Waals surface area (Å²) in [5.74, 6) is 0.0416. The summed E-state index contributed by atoms with van der Waals surface area (Å²) in [4.78, 5) is 14.4. The van der Waals surface area contributed by atoms with Gasteiger partial charge in [0, 0.05) is 17.8 Å². The third kappa shape index (κ3) is 3.13. The maximum atomic E-state index is 11.0. The predicted molar refractivity (Wildman–Crippen MR) is 72.8 cm³/mol. The van der Waals surface area contributed by atoms with Crippen molar-refractivity contribution in [2.75, 3.05) is 0 Å². The van der Waals surface area contributed by atoms with Crippen molar-refractivity contribution in [3.63, 3.8) is 0 Å². The Hall–Kier alpha value is -2.98. The average molecular weight is 285 g/mol. The van der Waals surface area contributed by atoms with E-state index in [9.17, 15) is 15.2 Å². The molecule has 0 aliphatic rings. The summed E-state index contributed by atoms with van der Waals surface area (Å²) in [7, 11) is 0. The van der Waals surface area contributed by atoms with E-state index in [1.165, 1.54) is 25.3 Å². The fourth-order valence-corrected chi connectivity index (χ4v) is 1.73. The molecule has 0 saturated carbocycles. The number of nitro groups is 1. The highest BCUT2D eigenvalue weighted by Gasteiger charge is 2.19. The number of benzene rings is 1. The van der Waals surface area contributed by atoms with E-state index in [0.29, 0.717) is 5.56 Å². The molecule has 106 valence electrons. The van der Waals surface area contributed by atoms with Crippen LogP contribution in [0.5, 0.6) is 11.6 Å². The number of aromatic nitrogens is 1. The van der Waals surface area contributed by atoms with Crippen LogP contribution in [0.25, 0.3) is 0 Å². The molecule has 0 spiro atoms. The Bertz CT molecular complexity index is 722. The number of nitrogens with zero attached hydrogens (tertiary/aromatic N) is 3. The first-order chi connectivity index (χ1) is 10.0. The predicted octanol–water partition coefficient (Wildman–Crippen LogP) is 2.71. The zero-order valence-electron chi connectivity index (χ0n) is 11.1. The number of nitro benzene ring substituents is 1. The Morgan fingerprint density at radius 1 is 1.48 bits per heavy atom. The summed E-state index contributed by atoms with van der Waals surface area (Å²) in [5, 5.41) is 29.5. The van der Waals surface area contributed by atoms with Crippen molar-refractivity contribution in [1.29, 1.82) is 5.26 Å². The van der Waals surface area contributed by atoms with Crippen LogP contribution in [0.4, 0.5) is 5.69 Å². The lowest BCUT2D eigenvalue weighted by atomic mass is 10.2. The lowest BCUT2D eigenvalue weighted by molar-refractivity contribution is -0.385. The molecule has 0 unspecified atom stereocenters. The minimum atomic E-state index is -0.828. The van der Waals surface area contributed by atoms with Crippen molar-refractivity contribution < 1.29 is 14.8 Å². The van der Waals surface area contributed by atoms with Crippen LogP contribution in [0.1, 0.15) is 24.2 Å². The first-order valence-electron chi connectivity index (χ1n) is 6.02. The van der Waals surface area contributed by atoms with Gasteiger partial charge in [-0.05, 0) is 31.2 Å². The lowest BCUT2D eigenvalue weighted by Gasteiger charge is -2.11. The summed E-state index contributed by atoms with van der Waals surface area (Å²) in [6, 6.07) is 8.93. The Kier molecular flexibility index (Phi) is 4.11. The number of ether oxygens (including phenoxy) is 1. The van der Waals surface area contributed by atoms with E-state index in [2.05, 4.69) is 4.98 Å². The molecule has 1 N–H and O–H groups in total. The van der Waals surface area contributed by atoms with E-state index in [1.807, 2.05) is 6.07 Å². The topological polar surface area (TPSA) is 109 Å². The molecular formula is C14H11N3O4. The fourth-order valence-electron chi connectivity index (χ4n) is 1.73. The third-order valence-corrected chi connectivity index (χ3v) is 2.74. The van der Waals surface area contributed by atoms with Crippen LogP contribution < -0.4 is 4.74 Å². The molecule has 1 aromatic carbocycles. The van der Waals surface area contributed by atoms with Gasteiger partial charge >= 0.3 is 5.69 Å². The maximum absolute atomic E-state index is 11.0. The van der Waals surface area contributed by atoms with Crippen LogP contribution in [-0.2, 0) is 0 Å². The molecule has 0 aliphatic heterocycles. The maximum Gasteiger partial charge on any atom is 0.312 e.